The number of para-hydroxylation sites is 2. The average molecular weight is 450 g/mol. The van der Waals surface area contributed by atoms with Crippen molar-refractivity contribution in [2.24, 2.45) is 0 Å². The Morgan fingerprint density at radius 2 is 1.61 bits per heavy atom. The van der Waals surface area contributed by atoms with Crippen LogP contribution in [0, 0.1) is 0 Å². The number of hydrogen-bond acceptors (Lipinski definition) is 6. The van der Waals surface area contributed by atoms with E-state index >= 15 is 0 Å². The van der Waals surface area contributed by atoms with Crippen LogP contribution in [0.2, 0.25) is 0 Å². The molecule has 1 atom stereocenters. The minimum absolute atomic E-state index is 0.00922. The molecule has 1 amide bonds. The highest BCUT2D eigenvalue weighted by Gasteiger charge is 2.21. The van der Waals surface area contributed by atoms with Gasteiger partial charge in [-0.15, -0.1) is 0 Å². The summed E-state index contributed by atoms with van der Waals surface area (Å²) in [6.07, 6.45) is -0.601. The maximum absolute atomic E-state index is 12.6. The van der Waals surface area contributed by atoms with Gasteiger partial charge in [-0.05, 0) is 23.6 Å². The molecule has 1 heterocycles. The van der Waals surface area contributed by atoms with Crippen molar-refractivity contribution in [3.05, 3.63) is 66.7 Å². The van der Waals surface area contributed by atoms with E-state index in [0.717, 1.165) is 42.6 Å². The normalized spacial score (nSPS) is 15.8. The number of rotatable bonds is 9. The molecule has 4 rings (SSSR count). The number of aliphatic hydroxyl groups excluding tert-OH is 1. The molecule has 0 aliphatic carbocycles. The molecule has 3 aromatic rings. The van der Waals surface area contributed by atoms with Gasteiger partial charge in [-0.25, -0.2) is 0 Å². The number of aliphatic hydroxyl groups is 1. The van der Waals surface area contributed by atoms with Crippen molar-refractivity contribution in [3.63, 3.8) is 0 Å². The van der Waals surface area contributed by atoms with E-state index in [9.17, 15) is 9.90 Å². The summed E-state index contributed by atoms with van der Waals surface area (Å²) in [5.74, 6) is 1.27. The lowest BCUT2D eigenvalue weighted by atomic mass is 10.1. The van der Waals surface area contributed by atoms with Crippen molar-refractivity contribution in [2.45, 2.75) is 6.10 Å². The van der Waals surface area contributed by atoms with Gasteiger partial charge in [0.2, 0.25) is 5.91 Å². The molecule has 174 valence electrons. The summed E-state index contributed by atoms with van der Waals surface area (Å²) in [7, 11) is 1.60. The number of nitrogens with zero attached hydrogens (tertiary/aromatic N) is 2. The Labute approximate surface area is 194 Å². The number of carbonyl (C=O) groups is 1. The van der Waals surface area contributed by atoms with Crippen LogP contribution in [0.25, 0.3) is 10.8 Å². The monoisotopic (exact) mass is 449 g/mol. The van der Waals surface area contributed by atoms with Crippen molar-refractivity contribution in [2.75, 3.05) is 58.3 Å². The SMILES string of the molecule is COc1ccccc1OCC(O)CN1CCN(CC(=O)Nc2cccc3ccccc23)CC1. The van der Waals surface area contributed by atoms with Gasteiger partial charge in [-0.3, -0.25) is 14.6 Å². The lowest BCUT2D eigenvalue weighted by molar-refractivity contribution is -0.117. The molecule has 7 nitrogen and oxygen atoms in total. The molecule has 0 aromatic heterocycles. The minimum atomic E-state index is -0.601. The molecule has 0 radical (unpaired) electrons. The van der Waals surface area contributed by atoms with Crippen LogP contribution in [0.15, 0.2) is 66.7 Å². The first-order chi connectivity index (χ1) is 16.1. The largest absolute Gasteiger partial charge is 0.493 e. The molecule has 1 aliphatic heterocycles. The van der Waals surface area contributed by atoms with Crippen molar-refractivity contribution in [1.29, 1.82) is 0 Å². The van der Waals surface area contributed by atoms with Crippen LogP contribution in [0.1, 0.15) is 0 Å². The van der Waals surface area contributed by atoms with Crippen molar-refractivity contribution in [1.82, 2.24) is 9.80 Å². The first kappa shape index (κ1) is 23.0. The lowest BCUT2D eigenvalue weighted by Gasteiger charge is -2.35. The Balaban J connectivity index is 1.20. The predicted octanol–water partition coefficient (Wildman–Crippen LogP) is 2.84. The third kappa shape index (κ3) is 6.22. The topological polar surface area (TPSA) is 74.3 Å². The first-order valence-electron chi connectivity index (χ1n) is 11.3. The van der Waals surface area contributed by atoms with E-state index in [-0.39, 0.29) is 12.5 Å². The number of piperazine rings is 1. The second kappa shape index (κ2) is 11.1. The van der Waals surface area contributed by atoms with E-state index in [1.54, 1.807) is 7.11 Å². The van der Waals surface area contributed by atoms with Crippen molar-refractivity contribution >= 4 is 22.4 Å². The van der Waals surface area contributed by atoms with Crippen molar-refractivity contribution in [3.8, 4) is 11.5 Å². The van der Waals surface area contributed by atoms with Gasteiger partial charge < -0.3 is 19.9 Å². The van der Waals surface area contributed by atoms with E-state index in [1.807, 2.05) is 66.7 Å². The molecular weight excluding hydrogens is 418 g/mol. The van der Waals surface area contributed by atoms with Crippen LogP contribution in [0.4, 0.5) is 5.69 Å². The van der Waals surface area contributed by atoms with Crippen LogP contribution >= 0.6 is 0 Å². The summed E-state index contributed by atoms with van der Waals surface area (Å²) in [6, 6.07) is 21.4. The van der Waals surface area contributed by atoms with E-state index < -0.39 is 6.10 Å². The highest BCUT2D eigenvalue weighted by molar-refractivity contribution is 6.02. The highest BCUT2D eigenvalue weighted by Crippen LogP contribution is 2.26. The van der Waals surface area contributed by atoms with Crippen LogP contribution in [-0.4, -0.2) is 79.9 Å². The van der Waals surface area contributed by atoms with Gasteiger partial charge in [0.1, 0.15) is 12.7 Å². The first-order valence-corrected chi connectivity index (χ1v) is 11.3. The zero-order valence-corrected chi connectivity index (χ0v) is 18.9. The number of hydrogen-bond donors (Lipinski definition) is 2. The Kier molecular flexibility index (Phi) is 7.78. The molecule has 3 aromatic carbocycles. The van der Waals surface area contributed by atoms with Gasteiger partial charge >= 0.3 is 0 Å². The number of nitrogens with one attached hydrogen (secondary N) is 1. The Morgan fingerprint density at radius 3 is 2.39 bits per heavy atom. The zero-order chi connectivity index (χ0) is 23.0. The molecular formula is C26H31N3O4. The maximum atomic E-state index is 12.6. The summed E-state index contributed by atoms with van der Waals surface area (Å²) in [5.41, 5.74) is 0.843. The number of ether oxygens (including phenoxy) is 2. The Hall–Kier alpha value is -3.13. The number of benzene rings is 3. The number of anilines is 1. The Bertz CT molecular complexity index is 1060. The van der Waals surface area contributed by atoms with Gasteiger partial charge in [0, 0.05) is 43.8 Å². The van der Waals surface area contributed by atoms with Gasteiger partial charge in [-0.1, -0.05) is 48.5 Å². The number of methoxy groups -OCH3 is 1. The van der Waals surface area contributed by atoms with Crippen LogP contribution in [0.3, 0.4) is 0 Å². The number of fused-ring (bicyclic) bond motifs is 1. The molecule has 33 heavy (non-hydrogen) atoms. The highest BCUT2D eigenvalue weighted by atomic mass is 16.5. The second-order valence-electron chi connectivity index (χ2n) is 8.27. The molecule has 1 unspecified atom stereocenters. The second-order valence-corrected chi connectivity index (χ2v) is 8.27. The fourth-order valence-electron chi connectivity index (χ4n) is 4.13. The van der Waals surface area contributed by atoms with E-state index in [2.05, 4.69) is 15.1 Å². The van der Waals surface area contributed by atoms with Gasteiger partial charge in [-0.2, -0.15) is 0 Å². The molecule has 1 aliphatic rings. The number of β-amino-alcohol motifs (C(OH)–C–C–N with tert-alkyl or cyclic N) is 1. The number of carbonyl (C=O) groups excluding carboxylic acids is 1. The third-order valence-electron chi connectivity index (χ3n) is 5.87. The summed E-state index contributed by atoms with van der Waals surface area (Å²) < 4.78 is 11.0. The van der Waals surface area contributed by atoms with Gasteiger partial charge in [0.05, 0.1) is 13.7 Å². The molecule has 7 heteroatoms. The maximum Gasteiger partial charge on any atom is 0.238 e. The molecule has 2 N–H and O–H groups in total. The Morgan fingerprint density at radius 1 is 0.939 bits per heavy atom. The molecule has 1 fully saturated rings. The number of amides is 1. The quantitative estimate of drug-likeness (QED) is 0.523. The van der Waals surface area contributed by atoms with Crippen LogP contribution < -0.4 is 14.8 Å². The average Bonchev–Trinajstić information content (AvgIpc) is 2.84. The van der Waals surface area contributed by atoms with E-state index in [4.69, 9.17) is 9.47 Å². The fraction of sp³-hybridized carbons (Fsp3) is 0.346. The van der Waals surface area contributed by atoms with Gasteiger partial charge in [0.15, 0.2) is 11.5 Å². The van der Waals surface area contributed by atoms with Crippen LogP contribution in [0.5, 0.6) is 11.5 Å². The third-order valence-corrected chi connectivity index (χ3v) is 5.87. The van der Waals surface area contributed by atoms with Gasteiger partial charge in [0.25, 0.3) is 0 Å². The zero-order valence-electron chi connectivity index (χ0n) is 18.9. The minimum Gasteiger partial charge on any atom is -0.493 e. The van der Waals surface area contributed by atoms with E-state index in [0.29, 0.717) is 24.6 Å². The summed E-state index contributed by atoms with van der Waals surface area (Å²) in [4.78, 5) is 17.0. The molecule has 1 saturated heterocycles. The fourth-order valence-corrected chi connectivity index (χ4v) is 4.13. The lowest BCUT2D eigenvalue weighted by Crippen LogP contribution is -2.50. The molecule has 0 spiro atoms. The van der Waals surface area contributed by atoms with Crippen molar-refractivity contribution < 1.29 is 19.4 Å². The standard InChI is InChI=1S/C26H31N3O4/c1-32-24-11-4-5-12-25(24)33-19-21(30)17-28-13-15-29(16-14-28)18-26(31)27-23-10-6-8-20-7-2-3-9-22(20)23/h2-12,21,30H,13-19H2,1H3,(H,27,31). The summed E-state index contributed by atoms with van der Waals surface area (Å²) in [6.45, 7) is 4.25. The molecule has 0 bridgehead atoms. The predicted molar refractivity (Wildman–Crippen MR) is 130 cm³/mol. The van der Waals surface area contributed by atoms with E-state index in [1.165, 1.54) is 0 Å². The summed E-state index contributed by atoms with van der Waals surface area (Å²) >= 11 is 0. The smallest absolute Gasteiger partial charge is 0.238 e. The molecule has 0 saturated carbocycles. The summed E-state index contributed by atoms with van der Waals surface area (Å²) in [5, 5.41) is 15.6. The van der Waals surface area contributed by atoms with Crippen LogP contribution in [-0.2, 0) is 4.79 Å².